The largest absolute Gasteiger partial charge is 0.309 e. The molecule has 0 aliphatic carbocycles. The summed E-state index contributed by atoms with van der Waals surface area (Å²) in [6.45, 7) is 0. The summed E-state index contributed by atoms with van der Waals surface area (Å²) in [5.41, 5.74) is 11.1. The molecule has 0 radical (unpaired) electrons. The number of pyridine rings is 5. The number of fused-ring (bicyclic) bond motifs is 11. The van der Waals surface area contributed by atoms with E-state index in [-0.39, 0.29) is 0 Å². The standard InChI is InChI=1S/C45H26N6/c1-2-10-32-27(7-1)14-18-39-41(32)36-23-28(15-17-38(36)51(39)40-25-30-9-4-20-47-43(30)45-34(40)12-6-22-49-45)31-13-16-37(50-26-31)35-24-29-8-3-19-46-42(29)44-33(35)11-5-21-48-44/h1-26H. The average Bonchev–Trinajstić information content (AvgIpc) is 3.54. The van der Waals surface area contributed by atoms with E-state index in [2.05, 4.69) is 113 Å². The van der Waals surface area contributed by atoms with Crippen molar-refractivity contribution >= 4 is 76.2 Å². The molecular weight excluding hydrogens is 625 g/mol. The molecule has 6 nitrogen and oxygen atoms in total. The summed E-state index contributed by atoms with van der Waals surface area (Å²) in [5.74, 6) is 0. The molecule has 0 saturated carbocycles. The van der Waals surface area contributed by atoms with Gasteiger partial charge in [0.1, 0.15) is 0 Å². The Kier molecular flexibility index (Phi) is 5.86. The minimum Gasteiger partial charge on any atom is -0.309 e. The molecular formula is C45H26N6. The van der Waals surface area contributed by atoms with Crippen LogP contribution in [0.5, 0.6) is 0 Å². The maximum atomic E-state index is 5.02. The van der Waals surface area contributed by atoms with Crippen LogP contribution in [0.4, 0.5) is 0 Å². The molecule has 0 N–H and O–H groups in total. The molecule has 0 atom stereocenters. The smallest absolute Gasteiger partial charge is 0.0985 e. The molecule has 0 spiro atoms. The summed E-state index contributed by atoms with van der Waals surface area (Å²) in [4.78, 5) is 23.9. The van der Waals surface area contributed by atoms with Gasteiger partial charge in [-0.3, -0.25) is 24.9 Å². The molecule has 11 aromatic rings. The van der Waals surface area contributed by atoms with Gasteiger partial charge in [0.05, 0.1) is 44.5 Å². The van der Waals surface area contributed by atoms with Gasteiger partial charge in [0.2, 0.25) is 0 Å². The highest BCUT2D eigenvalue weighted by atomic mass is 15.0. The van der Waals surface area contributed by atoms with Crippen LogP contribution in [0.1, 0.15) is 0 Å². The van der Waals surface area contributed by atoms with E-state index in [1.165, 1.54) is 21.5 Å². The molecule has 6 aromatic heterocycles. The van der Waals surface area contributed by atoms with Gasteiger partial charge in [-0.2, -0.15) is 0 Å². The molecule has 0 saturated heterocycles. The Morgan fingerprint density at radius 1 is 0.392 bits per heavy atom. The van der Waals surface area contributed by atoms with Crippen LogP contribution < -0.4 is 0 Å². The fourth-order valence-corrected chi connectivity index (χ4v) is 7.88. The number of rotatable bonds is 3. The first-order valence-electron chi connectivity index (χ1n) is 17.0. The van der Waals surface area contributed by atoms with E-state index in [4.69, 9.17) is 19.9 Å². The van der Waals surface area contributed by atoms with Crippen LogP contribution in [-0.2, 0) is 0 Å². The summed E-state index contributed by atoms with van der Waals surface area (Å²) in [7, 11) is 0. The van der Waals surface area contributed by atoms with E-state index >= 15 is 0 Å². The van der Waals surface area contributed by atoms with Gasteiger partial charge in [-0.05, 0) is 83.1 Å². The molecule has 0 fully saturated rings. The van der Waals surface area contributed by atoms with Gasteiger partial charge in [-0.1, -0.05) is 60.7 Å². The van der Waals surface area contributed by atoms with E-state index in [1.54, 1.807) is 0 Å². The molecule has 51 heavy (non-hydrogen) atoms. The minimum atomic E-state index is 0.886. The Morgan fingerprint density at radius 2 is 1.02 bits per heavy atom. The van der Waals surface area contributed by atoms with E-state index < -0.39 is 0 Å². The van der Waals surface area contributed by atoms with Crippen molar-refractivity contribution in [1.82, 2.24) is 29.5 Å². The maximum absolute atomic E-state index is 5.02. The fourth-order valence-electron chi connectivity index (χ4n) is 7.88. The van der Waals surface area contributed by atoms with Crippen molar-refractivity contribution in [2.75, 3.05) is 0 Å². The van der Waals surface area contributed by atoms with Gasteiger partial charge < -0.3 is 4.57 Å². The molecule has 5 aromatic carbocycles. The zero-order valence-electron chi connectivity index (χ0n) is 27.2. The minimum absolute atomic E-state index is 0.886. The summed E-state index contributed by atoms with van der Waals surface area (Å²) >= 11 is 0. The molecule has 0 amide bonds. The molecule has 0 aliphatic heterocycles. The Hall–Kier alpha value is -7.05. The zero-order chi connectivity index (χ0) is 33.5. The molecule has 11 rings (SSSR count). The molecule has 6 heteroatoms. The van der Waals surface area contributed by atoms with Gasteiger partial charge in [0.25, 0.3) is 0 Å². The SMILES string of the molecule is c1ccc2c(c1)ccc1c2c2cc(-c3ccc(-c4cc5cccnc5c5ncccc45)nc3)ccc2n1-c1cc2cccnc2c2ncccc12. The molecule has 0 unspecified atom stereocenters. The summed E-state index contributed by atoms with van der Waals surface area (Å²) in [5, 5.41) is 9.05. The number of benzene rings is 5. The summed E-state index contributed by atoms with van der Waals surface area (Å²) in [6.07, 6.45) is 9.31. The average molecular weight is 651 g/mol. The van der Waals surface area contributed by atoms with Crippen LogP contribution in [0.3, 0.4) is 0 Å². The van der Waals surface area contributed by atoms with E-state index in [0.29, 0.717) is 0 Å². The Labute approximate surface area is 291 Å². The van der Waals surface area contributed by atoms with Gasteiger partial charge in [0, 0.05) is 74.4 Å². The van der Waals surface area contributed by atoms with Crippen molar-refractivity contribution < 1.29 is 0 Å². The van der Waals surface area contributed by atoms with E-state index in [9.17, 15) is 0 Å². The Bertz CT molecular complexity index is 3200. The van der Waals surface area contributed by atoms with Crippen molar-refractivity contribution in [2.24, 2.45) is 0 Å². The van der Waals surface area contributed by atoms with E-state index in [0.717, 1.165) is 82.7 Å². The number of aromatic nitrogens is 6. The van der Waals surface area contributed by atoms with Crippen LogP contribution in [0, 0.1) is 0 Å². The second-order valence-electron chi connectivity index (χ2n) is 12.9. The first-order chi connectivity index (χ1) is 25.3. The van der Waals surface area contributed by atoms with E-state index in [1.807, 2.05) is 55.2 Å². The molecule has 6 heterocycles. The van der Waals surface area contributed by atoms with Gasteiger partial charge in [0.15, 0.2) is 0 Å². The second-order valence-corrected chi connectivity index (χ2v) is 12.9. The van der Waals surface area contributed by atoms with Crippen LogP contribution in [-0.4, -0.2) is 29.5 Å². The molecule has 0 aliphatic rings. The number of hydrogen-bond acceptors (Lipinski definition) is 5. The second kappa shape index (κ2) is 10.7. The first kappa shape index (κ1) is 27.9. The van der Waals surface area contributed by atoms with Crippen LogP contribution >= 0.6 is 0 Å². The third kappa shape index (κ3) is 4.14. The quantitative estimate of drug-likeness (QED) is 0.178. The molecule has 236 valence electrons. The van der Waals surface area contributed by atoms with Crippen molar-refractivity contribution in [3.63, 3.8) is 0 Å². The van der Waals surface area contributed by atoms with Crippen molar-refractivity contribution in [3.05, 3.63) is 158 Å². The summed E-state index contributed by atoms with van der Waals surface area (Å²) in [6, 6.07) is 45.0. The van der Waals surface area contributed by atoms with Crippen molar-refractivity contribution in [2.45, 2.75) is 0 Å². The monoisotopic (exact) mass is 650 g/mol. The normalized spacial score (nSPS) is 11.9. The third-order valence-corrected chi connectivity index (χ3v) is 10.2. The highest BCUT2D eigenvalue weighted by Crippen LogP contribution is 2.41. The van der Waals surface area contributed by atoms with Crippen LogP contribution in [0.25, 0.3) is 104 Å². The van der Waals surface area contributed by atoms with Gasteiger partial charge in [-0.15, -0.1) is 0 Å². The van der Waals surface area contributed by atoms with Crippen LogP contribution in [0.2, 0.25) is 0 Å². The van der Waals surface area contributed by atoms with Crippen molar-refractivity contribution in [1.29, 1.82) is 0 Å². The van der Waals surface area contributed by atoms with Crippen molar-refractivity contribution in [3.8, 4) is 28.1 Å². The highest BCUT2D eigenvalue weighted by Gasteiger charge is 2.19. The summed E-state index contributed by atoms with van der Waals surface area (Å²) < 4.78 is 2.40. The third-order valence-electron chi connectivity index (χ3n) is 10.2. The lowest BCUT2D eigenvalue weighted by atomic mass is 9.99. The highest BCUT2D eigenvalue weighted by molar-refractivity contribution is 6.23. The molecule has 0 bridgehead atoms. The maximum Gasteiger partial charge on any atom is 0.0985 e. The van der Waals surface area contributed by atoms with Gasteiger partial charge >= 0.3 is 0 Å². The number of hydrogen-bond donors (Lipinski definition) is 0. The Morgan fingerprint density at radius 3 is 1.80 bits per heavy atom. The first-order valence-corrected chi connectivity index (χ1v) is 17.0. The number of nitrogens with zero attached hydrogens (tertiary/aromatic N) is 6. The lowest BCUT2D eigenvalue weighted by Crippen LogP contribution is -1.97. The fraction of sp³-hybridized carbons (Fsp3) is 0. The van der Waals surface area contributed by atoms with Crippen LogP contribution in [0.15, 0.2) is 158 Å². The predicted molar refractivity (Wildman–Crippen MR) is 208 cm³/mol. The predicted octanol–water partition coefficient (Wildman–Crippen LogP) is 10.9. The lowest BCUT2D eigenvalue weighted by molar-refractivity contribution is 1.20. The lowest BCUT2D eigenvalue weighted by Gasteiger charge is -2.13. The topological polar surface area (TPSA) is 69.4 Å². The zero-order valence-corrected chi connectivity index (χ0v) is 27.2. The van der Waals surface area contributed by atoms with Gasteiger partial charge in [-0.25, -0.2) is 0 Å². The Balaban J connectivity index is 1.13.